The fourth-order valence-electron chi connectivity index (χ4n) is 1.68. The lowest BCUT2D eigenvalue weighted by Gasteiger charge is -2.16. The van der Waals surface area contributed by atoms with Gasteiger partial charge in [0.05, 0.1) is 6.61 Å². The van der Waals surface area contributed by atoms with E-state index in [1.54, 1.807) is 7.11 Å². The molecule has 17 heavy (non-hydrogen) atoms. The maximum absolute atomic E-state index is 5.68. The molecule has 4 nitrogen and oxygen atoms in total. The monoisotopic (exact) mass is 256 g/mol. The van der Waals surface area contributed by atoms with Gasteiger partial charge in [-0.15, -0.1) is 0 Å². The molecule has 1 atom stereocenters. The second-order valence-corrected chi connectivity index (χ2v) is 4.21. The second-order valence-electron chi connectivity index (χ2n) is 3.80. The van der Waals surface area contributed by atoms with Gasteiger partial charge in [0, 0.05) is 19.4 Å². The van der Waals surface area contributed by atoms with E-state index in [-0.39, 0.29) is 6.10 Å². The highest BCUT2D eigenvalue weighted by molar-refractivity contribution is 7.71. The van der Waals surface area contributed by atoms with Crippen LogP contribution in [-0.2, 0) is 16.1 Å². The lowest BCUT2D eigenvalue weighted by Crippen LogP contribution is -2.10. The van der Waals surface area contributed by atoms with Gasteiger partial charge >= 0.3 is 0 Å². The summed E-state index contributed by atoms with van der Waals surface area (Å²) in [5.41, 5.74) is 0.934. The van der Waals surface area contributed by atoms with Crippen molar-refractivity contribution < 1.29 is 9.47 Å². The molecule has 1 aromatic heterocycles. The molecule has 0 aliphatic carbocycles. The fourth-order valence-corrected chi connectivity index (χ4v) is 1.92. The van der Waals surface area contributed by atoms with E-state index < -0.39 is 0 Å². The third kappa shape index (κ3) is 4.53. The van der Waals surface area contributed by atoms with Gasteiger partial charge in [0.15, 0.2) is 0 Å². The lowest BCUT2D eigenvalue weighted by molar-refractivity contribution is 0.0488. The molecule has 0 spiro atoms. The van der Waals surface area contributed by atoms with Crippen molar-refractivity contribution in [2.75, 3.05) is 13.7 Å². The highest BCUT2D eigenvalue weighted by atomic mass is 32.1. The van der Waals surface area contributed by atoms with E-state index in [1.165, 1.54) is 0 Å². The predicted octanol–water partition coefficient (Wildman–Crippen LogP) is 3.16. The van der Waals surface area contributed by atoms with Crippen molar-refractivity contribution in [2.45, 2.75) is 39.4 Å². The van der Waals surface area contributed by atoms with Crippen LogP contribution in [0, 0.1) is 4.64 Å². The van der Waals surface area contributed by atoms with Crippen LogP contribution in [0.25, 0.3) is 0 Å². The molecule has 1 rings (SSSR count). The third-order valence-electron chi connectivity index (χ3n) is 2.34. The predicted molar refractivity (Wildman–Crippen MR) is 69.4 cm³/mol. The number of ether oxygens (including phenoxy) is 2. The number of nitrogens with one attached hydrogen (secondary N) is 1. The Bertz CT molecular complexity index is 386. The van der Waals surface area contributed by atoms with E-state index in [2.05, 4.69) is 16.9 Å². The molecule has 96 valence electrons. The van der Waals surface area contributed by atoms with Crippen molar-refractivity contribution in [3.63, 3.8) is 0 Å². The number of nitrogens with zero attached hydrogens (tertiary/aromatic N) is 1. The molecule has 1 unspecified atom stereocenters. The molecule has 1 aromatic rings. The molecule has 0 fully saturated rings. The lowest BCUT2D eigenvalue weighted by atomic mass is 10.2. The van der Waals surface area contributed by atoms with Gasteiger partial charge in [0.2, 0.25) is 0 Å². The summed E-state index contributed by atoms with van der Waals surface area (Å²) in [5.74, 6) is 0.799. The maximum atomic E-state index is 5.68. The number of hydrogen-bond donors (Lipinski definition) is 1. The van der Waals surface area contributed by atoms with Crippen LogP contribution in [0.5, 0.6) is 0 Å². The highest BCUT2D eigenvalue weighted by Crippen LogP contribution is 2.19. The van der Waals surface area contributed by atoms with Crippen molar-refractivity contribution in [3.05, 3.63) is 22.2 Å². The van der Waals surface area contributed by atoms with Gasteiger partial charge in [0.25, 0.3) is 0 Å². The fraction of sp³-hybridized carbons (Fsp3) is 0.667. The molecule has 0 radical (unpaired) electrons. The summed E-state index contributed by atoms with van der Waals surface area (Å²) in [6, 6.07) is 1.82. The van der Waals surface area contributed by atoms with Gasteiger partial charge in [-0.1, -0.05) is 25.6 Å². The summed E-state index contributed by atoms with van der Waals surface area (Å²) < 4.78 is 11.3. The first-order valence-corrected chi connectivity index (χ1v) is 6.32. The van der Waals surface area contributed by atoms with E-state index in [9.17, 15) is 0 Å². The number of hydrogen-bond acceptors (Lipinski definition) is 4. The minimum absolute atomic E-state index is 0.0106. The Hall–Kier alpha value is -0.780. The molecule has 0 bridgehead atoms. The molecule has 0 amide bonds. The molecule has 1 N–H and O–H groups in total. The molecular formula is C12H20N2O2S. The normalized spacial score (nSPS) is 12.6. The van der Waals surface area contributed by atoms with Crippen molar-refractivity contribution in [3.8, 4) is 0 Å². The van der Waals surface area contributed by atoms with Crippen LogP contribution >= 0.6 is 12.2 Å². The zero-order valence-corrected chi connectivity index (χ0v) is 11.5. The molecule has 0 saturated heterocycles. The number of aromatic nitrogens is 2. The van der Waals surface area contributed by atoms with Crippen LogP contribution in [0.3, 0.4) is 0 Å². The van der Waals surface area contributed by atoms with Crippen LogP contribution in [0.2, 0.25) is 0 Å². The number of rotatable bonds is 7. The van der Waals surface area contributed by atoms with Crippen molar-refractivity contribution in [1.82, 2.24) is 9.97 Å². The zero-order chi connectivity index (χ0) is 12.7. The third-order valence-corrected chi connectivity index (χ3v) is 2.55. The smallest absolute Gasteiger partial charge is 0.137 e. The summed E-state index contributed by atoms with van der Waals surface area (Å²) in [5, 5.41) is 0. The molecular weight excluding hydrogens is 236 g/mol. The largest absolute Gasteiger partial charge is 0.378 e. The van der Waals surface area contributed by atoms with Gasteiger partial charge in [-0.05, 0) is 19.4 Å². The number of aromatic amines is 1. The van der Waals surface area contributed by atoms with E-state index in [0.717, 1.165) is 24.4 Å². The Morgan fingerprint density at radius 3 is 2.82 bits per heavy atom. The molecule has 0 saturated carbocycles. The average Bonchev–Trinajstić information content (AvgIpc) is 2.28. The van der Waals surface area contributed by atoms with Crippen LogP contribution in [0.15, 0.2) is 6.07 Å². The van der Waals surface area contributed by atoms with Crippen LogP contribution in [-0.4, -0.2) is 23.7 Å². The summed E-state index contributed by atoms with van der Waals surface area (Å²) in [4.78, 5) is 7.56. The van der Waals surface area contributed by atoms with Crippen LogP contribution in [0.1, 0.15) is 44.3 Å². The molecule has 0 aliphatic heterocycles. The standard InChI is InChI=1S/C12H20N2O2S/c1-4-6-10(16-5-2)12-13-9(8-15-3)7-11(17)14-12/h7,10H,4-6,8H2,1-3H3,(H,13,14,17). The van der Waals surface area contributed by atoms with Crippen LogP contribution < -0.4 is 0 Å². The summed E-state index contributed by atoms with van der Waals surface area (Å²) in [6.07, 6.45) is 1.97. The zero-order valence-electron chi connectivity index (χ0n) is 10.7. The van der Waals surface area contributed by atoms with E-state index >= 15 is 0 Å². The number of methoxy groups -OCH3 is 1. The van der Waals surface area contributed by atoms with Gasteiger partial charge in [-0.2, -0.15) is 0 Å². The van der Waals surface area contributed by atoms with Gasteiger partial charge in [-0.25, -0.2) is 4.98 Å². The van der Waals surface area contributed by atoms with E-state index in [1.807, 2.05) is 13.0 Å². The van der Waals surface area contributed by atoms with Gasteiger partial charge in [-0.3, -0.25) is 0 Å². The molecule has 0 aliphatic rings. The quantitative estimate of drug-likeness (QED) is 0.761. The van der Waals surface area contributed by atoms with Crippen molar-refractivity contribution in [2.24, 2.45) is 0 Å². The van der Waals surface area contributed by atoms with Crippen molar-refractivity contribution >= 4 is 12.2 Å². The van der Waals surface area contributed by atoms with Crippen molar-refractivity contribution in [1.29, 1.82) is 0 Å². The van der Waals surface area contributed by atoms with E-state index in [0.29, 0.717) is 17.9 Å². The summed E-state index contributed by atoms with van der Waals surface area (Å²) >= 11 is 5.15. The highest BCUT2D eigenvalue weighted by Gasteiger charge is 2.13. The minimum atomic E-state index is -0.0106. The second kappa shape index (κ2) is 7.53. The molecule has 0 aromatic carbocycles. The Kier molecular flexibility index (Phi) is 6.32. The summed E-state index contributed by atoms with van der Waals surface area (Å²) in [7, 11) is 1.66. The first-order chi connectivity index (χ1) is 8.21. The molecule has 1 heterocycles. The first-order valence-electron chi connectivity index (χ1n) is 5.91. The first kappa shape index (κ1) is 14.3. The summed E-state index contributed by atoms with van der Waals surface area (Å²) in [6.45, 7) is 5.28. The number of H-pyrrole nitrogens is 1. The van der Waals surface area contributed by atoms with Crippen LogP contribution in [0.4, 0.5) is 0 Å². The Morgan fingerprint density at radius 1 is 1.47 bits per heavy atom. The van der Waals surface area contributed by atoms with E-state index in [4.69, 9.17) is 21.7 Å². The minimum Gasteiger partial charge on any atom is -0.378 e. The Labute approximate surface area is 107 Å². The topological polar surface area (TPSA) is 47.1 Å². The van der Waals surface area contributed by atoms with Gasteiger partial charge in [0.1, 0.15) is 16.6 Å². The Morgan fingerprint density at radius 2 is 2.24 bits per heavy atom. The average molecular weight is 256 g/mol. The molecule has 5 heteroatoms. The Balaban J connectivity index is 2.96. The van der Waals surface area contributed by atoms with Gasteiger partial charge < -0.3 is 14.5 Å². The maximum Gasteiger partial charge on any atom is 0.137 e. The SMILES string of the molecule is CCCC(OCC)c1nc(=S)cc(COC)[nH]1.